The molecule has 3 aliphatic rings. The van der Waals surface area contributed by atoms with Gasteiger partial charge >= 0.3 is 0 Å². The van der Waals surface area contributed by atoms with Crippen molar-refractivity contribution in [3.8, 4) is 11.3 Å². The average molecular weight is 347 g/mol. The van der Waals surface area contributed by atoms with Gasteiger partial charge in [-0.15, -0.1) is 0 Å². The van der Waals surface area contributed by atoms with Crippen LogP contribution < -0.4 is 10.6 Å². The number of hydrogen-bond donors (Lipinski definition) is 2. The van der Waals surface area contributed by atoms with Crippen LogP contribution in [0.3, 0.4) is 0 Å². The quantitative estimate of drug-likeness (QED) is 0.859. The highest BCUT2D eigenvalue weighted by Gasteiger charge is 2.35. The highest BCUT2D eigenvalue weighted by Crippen LogP contribution is 2.26. The predicted molar refractivity (Wildman–Crippen MR) is 99.7 cm³/mol. The van der Waals surface area contributed by atoms with Crippen LogP contribution in [0, 0.1) is 0 Å². The zero-order valence-electron chi connectivity index (χ0n) is 14.5. The van der Waals surface area contributed by atoms with Crippen LogP contribution >= 0.6 is 0 Å². The van der Waals surface area contributed by atoms with Crippen molar-refractivity contribution >= 4 is 11.6 Å². The Kier molecular flexibility index (Phi) is 3.71. The summed E-state index contributed by atoms with van der Waals surface area (Å²) in [7, 11) is 0. The minimum absolute atomic E-state index is 0.0754. The van der Waals surface area contributed by atoms with Gasteiger partial charge in [-0.3, -0.25) is 14.8 Å². The lowest BCUT2D eigenvalue weighted by Crippen LogP contribution is -2.51. The Balaban J connectivity index is 1.46. The van der Waals surface area contributed by atoms with Gasteiger partial charge in [0.25, 0.3) is 0 Å². The van der Waals surface area contributed by atoms with Gasteiger partial charge in [-0.2, -0.15) is 5.10 Å². The van der Waals surface area contributed by atoms with Gasteiger partial charge in [0.2, 0.25) is 5.91 Å². The third-order valence-corrected chi connectivity index (χ3v) is 5.42. The van der Waals surface area contributed by atoms with Crippen molar-refractivity contribution in [1.29, 1.82) is 0 Å². The van der Waals surface area contributed by atoms with E-state index in [1.54, 1.807) is 0 Å². The number of hydrazone groups is 1. The number of hydrogen-bond acceptors (Lipinski definition) is 5. The summed E-state index contributed by atoms with van der Waals surface area (Å²) in [5.41, 5.74) is 6.87. The molecule has 132 valence electrons. The number of fused-ring (bicyclic) bond motifs is 2. The maximum atomic E-state index is 12.0. The molecule has 5 rings (SSSR count). The first-order valence-electron chi connectivity index (χ1n) is 9.19. The fourth-order valence-corrected chi connectivity index (χ4v) is 3.98. The summed E-state index contributed by atoms with van der Waals surface area (Å²) < 4.78 is 0. The first-order chi connectivity index (χ1) is 12.8. The normalized spacial score (nSPS) is 21.7. The van der Waals surface area contributed by atoms with E-state index in [1.165, 1.54) is 11.1 Å². The summed E-state index contributed by atoms with van der Waals surface area (Å²) in [5.74, 6) is 0.0754. The van der Waals surface area contributed by atoms with Crippen LogP contribution in [-0.2, 0) is 17.8 Å². The smallest absolute Gasteiger partial charge is 0.244 e. The molecule has 0 bridgehead atoms. The second kappa shape index (κ2) is 6.21. The van der Waals surface area contributed by atoms with Crippen LogP contribution in [0.15, 0.2) is 41.6 Å². The molecular weight excluding hydrogens is 326 g/mol. The Morgan fingerprint density at radius 2 is 2.04 bits per heavy atom. The van der Waals surface area contributed by atoms with E-state index >= 15 is 0 Å². The number of aromatic nitrogens is 1. The Morgan fingerprint density at radius 1 is 1.08 bits per heavy atom. The summed E-state index contributed by atoms with van der Waals surface area (Å²) in [6.07, 6.45) is 3.57. The van der Waals surface area contributed by atoms with E-state index in [-0.39, 0.29) is 11.9 Å². The molecule has 1 atom stereocenters. The minimum Gasteiger partial charge on any atom is -0.352 e. The van der Waals surface area contributed by atoms with Crippen LogP contribution in [0.2, 0.25) is 0 Å². The van der Waals surface area contributed by atoms with Crippen LogP contribution in [0.4, 0.5) is 0 Å². The average Bonchev–Trinajstić information content (AvgIpc) is 3.14. The Morgan fingerprint density at radius 3 is 2.96 bits per heavy atom. The number of benzene rings is 1. The van der Waals surface area contributed by atoms with Crippen molar-refractivity contribution in [2.24, 2.45) is 5.10 Å². The van der Waals surface area contributed by atoms with Crippen LogP contribution in [0.1, 0.15) is 23.1 Å². The second-order valence-corrected chi connectivity index (χ2v) is 7.06. The Labute approximate surface area is 152 Å². The number of nitrogens with zero attached hydrogens (tertiary/aromatic N) is 3. The van der Waals surface area contributed by atoms with Crippen molar-refractivity contribution in [3.05, 3.63) is 53.2 Å². The molecule has 1 fully saturated rings. The van der Waals surface area contributed by atoms with Crippen LogP contribution in [-0.4, -0.2) is 47.3 Å². The van der Waals surface area contributed by atoms with Crippen molar-refractivity contribution < 1.29 is 4.79 Å². The van der Waals surface area contributed by atoms with Crippen LogP contribution in [0.5, 0.6) is 0 Å². The van der Waals surface area contributed by atoms with E-state index in [9.17, 15) is 4.79 Å². The molecule has 0 aliphatic carbocycles. The molecule has 0 radical (unpaired) electrons. The second-order valence-electron chi connectivity index (χ2n) is 7.06. The Bertz CT molecular complexity index is 907. The molecule has 26 heavy (non-hydrogen) atoms. The zero-order valence-corrected chi connectivity index (χ0v) is 14.5. The maximum Gasteiger partial charge on any atom is 0.244 e. The lowest BCUT2D eigenvalue weighted by molar-refractivity contribution is -0.128. The number of carbonyl (C=O) groups excluding carboxylic acids is 1. The highest BCUT2D eigenvalue weighted by molar-refractivity contribution is 6.05. The van der Waals surface area contributed by atoms with Crippen molar-refractivity contribution in [2.45, 2.75) is 25.4 Å². The number of carbonyl (C=O) groups is 1. The summed E-state index contributed by atoms with van der Waals surface area (Å²) in [5, 5.41) is 12.9. The summed E-state index contributed by atoms with van der Waals surface area (Å²) in [4.78, 5) is 16.6. The van der Waals surface area contributed by atoms with Gasteiger partial charge in [-0.25, -0.2) is 0 Å². The van der Waals surface area contributed by atoms with E-state index in [0.717, 1.165) is 48.6 Å². The number of piperazine rings is 1. The maximum absolute atomic E-state index is 12.0. The van der Waals surface area contributed by atoms with E-state index in [2.05, 4.69) is 45.0 Å². The standard InChI is InChI=1S/C20H21N5O/c26-20-19-11-18(24-25(19)8-7-23-20)15-4-6-22-17(10-15)14-2-1-13-3-5-21-12-16(13)9-14/h1-2,4,6,9-10,19,21H,3,5,7-8,11-12H2,(H,23,26). The fraction of sp³-hybridized carbons (Fsp3) is 0.350. The van der Waals surface area contributed by atoms with Gasteiger partial charge in [0.05, 0.1) is 18.0 Å². The molecular formula is C20H21N5O. The fourth-order valence-electron chi connectivity index (χ4n) is 3.98. The van der Waals surface area contributed by atoms with E-state index in [4.69, 9.17) is 0 Å². The third kappa shape index (κ3) is 2.66. The van der Waals surface area contributed by atoms with Gasteiger partial charge in [0, 0.05) is 36.8 Å². The molecule has 0 spiro atoms. The molecule has 1 amide bonds. The molecule has 1 unspecified atom stereocenters. The SMILES string of the molecule is O=C1NCCN2N=C(c3ccnc(-c4ccc5c(c4)CNCC5)c3)CC12. The molecule has 4 heterocycles. The predicted octanol–water partition coefficient (Wildman–Crippen LogP) is 1.30. The molecule has 1 aromatic heterocycles. The number of amides is 1. The minimum atomic E-state index is -0.162. The largest absolute Gasteiger partial charge is 0.352 e. The Hall–Kier alpha value is -2.73. The third-order valence-electron chi connectivity index (χ3n) is 5.42. The highest BCUT2D eigenvalue weighted by atomic mass is 16.2. The monoisotopic (exact) mass is 347 g/mol. The van der Waals surface area contributed by atoms with Crippen molar-refractivity contribution in [3.63, 3.8) is 0 Å². The number of pyridine rings is 1. The molecule has 2 aromatic rings. The number of rotatable bonds is 2. The molecule has 6 nitrogen and oxygen atoms in total. The van der Waals surface area contributed by atoms with Gasteiger partial charge < -0.3 is 10.6 Å². The van der Waals surface area contributed by atoms with E-state index < -0.39 is 0 Å². The summed E-state index contributed by atoms with van der Waals surface area (Å²) >= 11 is 0. The topological polar surface area (TPSA) is 69.6 Å². The van der Waals surface area contributed by atoms with Crippen LogP contribution in [0.25, 0.3) is 11.3 Å². The van der Waals surface area contributed by atoms with E-state index in [0.29, 0.717) is 13.0 Å². The number of nitrogens with one attached hydrogen (secondary N) is 2. The van der Waals surface area contributed by atoms with Gasteiger partial charge in [0.15, 0.2) is 0 Å². The first kappa shape index (κ1) is 15.5. The summed E-state index contributed by atoms with van der Waals surface area (Å²) in [6.45, 7) is 3.40. The molecule has 0 saturated carbocycles. The molecule has 1 saturated heterocycles. The van der Waals surface area contributed by atoms with Crippen molar-refractivity contribution in [2.75, 3.05) is 19.6 Å². The molecule has 2 N–H and O–H groups in total. The lowest BCUT2D eigenvalue weighted by Gasteiger charge is -2.27. The van der Waals surface area contributed by atoms with E-state index in [1.807, 2.05) is 17.3 Å². The van der Waals surface area contributed by atoms with Gasteiger partial charge in [-0.1, -0.05) is 12.1 Å². The van der Waals surface area contributed by atoms with Gasteiger partial charge in [-0.05, 0) is 42.3 Å². The molecule has 6 heteroatoms. The summed E-state index contributed by atoms with van der Waals surface area (Å²) in [6, 6.07) is 10.5. The zero-order chi connectivity index (χ0) is 17.5. The molecule has 3 aliphatic heterocycles. The van der Waals surface area contributed by atoms with Crippen molar-refractivity contribution in [1.82, 2.24) is 20.6 Å². The first-order valence-corrected chi connectivity index (χ1v) is 9.19. The molecule has 1 aromatic carbocycles. The lowest BCUT2D eigenvalue weighted by atomic mass is 9.96. The van der Waals surface area contributed by atoms with Gasteiger partial charge in [0.1, 0.15) is 6.04 Å².